The van der Waals surface area contributed by atoms with E-state index >= 15 is 0 Å². The van der Waals surface area contributed by atoms with Gasteiger partial charge in [-0.3, -0.25) is 4.79 Å². The van der Waals surface area contributed by atoms with Gasteiger partial charge in [0.25, 0.3) is 0 Å². The topological polar surface area (TPSA) is 71.4 Å². The molecule has 20 heavy (non-hydrogen) atoms. The van der Waals surface area contributed by atoms with E-state index in [4.69, 9.17) is 0 Å². The lowest BCUT2D eigenvalue weighted by Gasteiger charge is -2.16. The Balaban J connectivity index is 1.86. The number of benzene rings is 1. The van der Waals surface area contributed by atoms with E-state index in [0.717, 1.165) is 24.0 Å². The molecule has 0 unspecified atom stereocenters. The molecular formula is C15H18O4S. The van der Waals surface area contributed by atoms with E-state index in [1.165, 1.54) is 6.26 Å². The average molecular weight is 294 g/mol. The van der Waals surface area contributed by atoms with Crippen molar-refractivity contribution in [3.8, 4) is 0 Å². The van der Waals surface area contributed by atoms with Crippen LogP contribution in [0.4, 0.5) is 0 Å². The first-order valence-electron chi connectivity index (χ1n) is 6.80. The minimum absolute atomic E-state index is 0.184. The molecule has 108 valence electrons. The monoisotopic (exact) mass is 294 g/mol. The van der Waals surface area contributed by atoms with Crippen LogP contribution in [0.3, 0.4) is 0 Å². The van der Waals surface area contributed by atoms with Crippen molar-refractivity contribution in [2.24, 2.45) is 0 Å². The molecule has 0 spiro atoms. The first kappa shape index (κ1) is 13.6. The van der Waals surface area contributed by atoms with E-state index in [1.807, 2.05) is 24.3 Å². The molecule has 1 N–H and O–H groups in total. The summed E-state index contributed by atoms with van der Waals surface area (Å²) < 4.78 is 23.0. The number of sulfone groups is 1. The Morgan fingerprint density at radius 2 is 1.60 bits per heavy atom. The fraction of sp³-hybridized carbons (Fsp3) is 0.533. The van der Waals surface area contributed by atoms with Crippen LogP contribution in [0.1, 0.15) is 36.8 Å². The molecule has 5 heteroatoms. The van der Waals surface area contributed by atoms with E-state index < -0.39 is 21.2 Å². The lowest BCUT2D eigenvalue weighted by Crippen LogP contribution is -2.21. The minimum atomic E-state index is -3.00. The Kier molecular flexibility index (Phi) is 2.77. The third-order valence-corrected chi connectivity index (χ3v) is 5.68. The van der Waals surface area contributed by atoms with Gasteiger partial charge in [0.2, 0.25) is 0 Å². The molecule has 2 aliphatic rings. The van der Waals surface area contributed by atoms with Crippen molar-refractivity contribution < 1.29 is 18.3 Å². The molecule has 0 aliphatic heterocycles. The molecule has 0 amide bonds. The van der Waals surface area contributed by atoms with Gasteiger partial charge in [0, 0.05) is 11.7 Å². The van der Waals surface area contributed by atoms with Gasteiger partial charge in [0.1, 0.15) is 9.84 Å². The molecule has 2 saturated carbocycles. The number of rotatable bonds is 5. The number of carboxylic acid groups (broad SMARTS) is 1. The Morgan fingerprint density at radius 1 is 1.10 bits per heavy atom. The lowest BCUT2D eigenvalue weighted by atomic mass is 9.91. The van der Waals surface area contributed by atoms with Crippen molar-refractivity contribution in [2.45, 2.75) is 36.5 Å². The van der Waals surface area contributed by atoms with Crippen LogP contribution < -0.4 is 0 Å². The van der Waals surface area contributed by atoms with Gasteiger partial charge >= 0.3 is 5.97 Å². The highest BCUT2D eigenvalue weighted by Crippen LogP contribution is 2.51. The molecule has 0 bridgehead atoms. The smallest absolute Gasteiger partial charge is 0.314 e. The zero-order valence-corrected chi connectivity index (χ0v) is 12.2. The summed E-state index contributed by atoms with van der Waals surface area (Å²) in [5, 5.41) is 9.27. The quantitative estimate of drug-likeness (QED) is 0.900. The van der Waals surface area contributed by atoms with Crippen LogP contribution in [-0.2, 0) is 25.5 Å². The van der Waals surface area contributed by atoms with E-state index in [0.29, 0.717) is 12.8 Å². The molecule has 0 radical (unpaired) electrons. The SMILES string of the molecule is CS(=O)(=O)CC1(c2ccc(C3(C(=O)O)CC3)cc2)CC1. The molecule has 2 aliphatic carbocycles. The summed E-state index contributed by atoms with van der Waals surface area (Å²) in [4.78, 5) is 11.3. The summed E-state index contributed by atoms with van der Waals surface area (Å²) in [6.45, 7) is 0. The summed E-state index contributed by atoms with van der Waals surface area (Å²) in [6.07, 6.45) is 4.43. The molecule has 0 saturated heterocycles. The predicted octanol–water partition coefficient (Wildman–Crippen LogP) is 1.88. The van der Waals surface area contributed by atoms with Gasteiger partial charge in [-0.2, -0.15) is 0 Å². The minimum Gasteiger partial charge on any atom is -0.481 e. The number of hydrogen-bond acceptors (Lipinski definition) is 3. The van der Waals surface area contributed by atoms with E-state index in [2.05, 4.69) is 0 Å². The Morgan fingerprint density at radius 3 is 1.95 bits per heavy atom. The van der Waals surface area contributed by atoms with Gasteiger partial charge in [-0.05, 0) is 36.8 Å². The lowest BCUT2D eigenvalue weighted by molar-refractivity contribution is -0.140. The molecular weight excluding hydrogens is 276 g/mol. The van der Waals surface area contributed by atoms with Crippen LogP contribution >= 0.6 is 0 Å². The average Bonchev–Trinajstić information content (AvgIpc) is 3.22. The molecule has 1 aromatic rings. The highest BCUT2D eigenvalue weighted by atomic mass is 32.2. The van der Waals surface area contributed by atoms with Crippen LogP contribution in [0.15, 0.2) is 24.3 Å². The van der Waals surface area contributed by atoms with Gasteiger partial charge in [0.05, 0.1) is 11.2 Å². The second kappa shape index (κ2) is 4.07. The number of aliphatic carboxylic acids is 1. The normalized spacial score (nSPS) is 22.2. The summed E-state index contributed by atoms with van der Waals surface area (Å²) in [5.41, 5.74) is 0.940. The van der Waals surface area contributed by atoms with Crippen LogP contribution in [-0.4, -0.2) is 31.5 Å². The summed E-state index contributed by atoms with van der Waals surface area (Å²) in [5.74, 6) is -0.578. The maximum atomic E-state index is 11.5. The zero-order chi connectivity index (χ0) is 14.6. The van der Waals surface area contributed by atoms with Crippen LogP contribution in [0.25, 0.3) is 0 Å². The van der Waals surface area contributed by atoms with Gasteiger partial charge < -0.3 is 5.11 Å². The molecule has 0 heterocycles. The van der Waals surface area contributed by atoms with Crippen molar-refractivity contribution in [1.82, 2.24) is 0 Å². The van der Waals surface area contributed by atoms with Crippen molar-refractivity contribution in [3.05, 3.63) is 35.4 Å². The van der Waals surface area contributed by atoms with Crippen LogP contribution in [0.5, 0.6) is 0 Å². The summed E-state index contributed by atoms with van der Waals surface area (Å²) >= 11 is 0. The Labute approximate surface area is 118 Å². The van der Waals surface area contributed by atoms with Crippen molar-refractivity contribution in [3.63, 3.8) is 0 Å². The van der Waals surface area contributed by atoms with Gasteiger partial charge in [-0.15, -0.1) is 0 Å². The van der Waals surface area contributed by atoms with Crippen molar-refractivity contribution in [1.29, 1.82) is 0 Å². The van der Waals surface area contributed by atoms with E-state index in [1.54, 1.807) is 0 Å². The molecule has 4 nitrogen and oxygen atoms in total. The van der Waals surface area contributed by atoms with Crippen LogP contribution in [0, 0.1) is 0 Å². The standard InChI is InChI=1S/C15H18O4S/c1-20(18,19)10-14(6-7-14)11-2-4-12(5-3-11)15(8-9-15)13(16)17/h2-5H,6-10H2,1H3,(H,16,17). The highest BCUT2D eigenvalue weighted by molar-refractivity contribution is 7.90. The fourth-order valence-electron chi connectivity index (χ4n) is 3.06. The zero-order valence-electron chi connectivity index (χ0n) is 11.4. The first-order chi connectivity index (χ1) is 9.28. The second-order valence-corrected chi connectivity index (χ2v) is 8.46. The molecule has 3 rings (SSSR count). The summed E-state index contributed by atoms with van der Waals surface area (Å²) in [6, 6.07) is 7.55. The van der Waals surface area contributed by atoms with Gasteiger partial charge in [0.15, 0.2) is 0 Å². The summed E-state index contributed by atoms with van der Waals surface area (Å²) in [7, 11) is -3.00. The van der Waals surface area contributed by atoms with E-state index in [-0.39, 0.29) is 11.2 Å². The highest BCUT2D eigenvalue weighted by Gasteiger charge is 2.52. The molecule has 0 aromatic heterocycles. The van der Waals surface area contributed by atoms with Crippen LogP contribution in [0.2, 0.25) is 0 Å². The third kappa shape index (κ3) is 2.24. The number of carbonyl (C=O) groups is 1. The van der Waals surface area contributed by atoms with Crippen molar-refractivity contribution >= 4 is 15.8 Å². The van der Waals surface area contributed by atoms with Crippen molar-refractivity contribution in [2.75, 3.05) is 12.0 Å². The Bertz CT molecular complexity index is 650. The van der Waals surface area contributed by atoms with Gasteiger partial charge in [-0.1, -0.05) is 24.3 Å². The third-order valence-electron chi connectivity index (χ3n) is 4.60. The maximum absolute atomic E-state index is 11.5. The number of hydrogen-bond donors (Lipinski definition) is 1. The molecule has 1 aromatic carbocycles. The molecule has 2 fully saturated rings. The van der Waals surface area contributed by atoms with E-state index in [9.17, 15) is 18.3 Å². The maximum Gasteiger partial charge on any atom is 0.314 e. The molecule has 0 atom stereocenters. The predicted molar refractivity (Wildman–Crippen MR) is 75.6 cm³/mol. The van der Waals surface area contributed by atoms with Gasteiger partial charge in [-0.25, -0.2) is 8.42 Å². The first-order valence-corrected chi connectivity index (χ1v) is 8.86. The number of carboxylic acids is 1. The second-order valence-electron chi connectivity index (χ2n) is 6.32. The fourth-order valence-corrected chi connectivity index (χ4v) is 4.52. The Hall–Kier alpha value is -1.36. The largest absolute Gasteiger partial charge is 0.481 e.